The van der Waals surface area contributed by atoms with Crippen LogP contribution in [-0.2, 0) is 14.4 Å². The predicted octanol–water partition coefficient (Wildman–Crippen LogP) is 2.19. The number of esters is 1. The van der Waals surface area contributed by atoms with E-state index in [-0.39, 0.29) is 18.2 Å². The number of ether oxygens (including phenoxy) is 1. The summed E-state index contributed by atoms with van der Waals surface area (Å²) in [6.45, 7) is 1.69. The highest BCUT2D eigenvalue weighted by Gasteiger charge is 2.01. The van der Waals surface area contributed by atoms with Gasteiger partial charge < -0.3 is 9.57 Å². The second kappa shape index (κ2) is 6.85. The molecule has 1 aromatic rings. The Labute approximate surface area is 103 Å². The van der Waals surface area contributed by atoms with Gasteiger partial charge in [-0.3, -0.25) is 0 Å². The van der Waals surface area contributed by atoms with Crippen LogP contribution >= 0.6 is 11.6 Å². The van der Waals surface area contributed by atoms with Crippen LogP contribution in [0.4, 0.5) is 4.39 Å². The molecule has 1 aromatic carbocycles. The second-order valence-corrected chi connectivity index (χ2v) is 3.30. The average Bonchev–Trinajstić information content (AvgIpc) is 2.27. The molecule has 0 saturated heterocycles. The van der Waals surface area contributed by atoms with Crippen molar-refractivity contribution in [2.45, 2.75) is 6.92 Å². The molecule has 6 heteroatoms. The van der Waals surface area contributed by atoms with E-state index in [2.05, 4.69) is 20.8 Å². The smallest absolute Gasteiger partial charge is 0.347 e. The number of hydrogen-bond acceptors (Lipinski definition) is 4. The van der Waals surface area contributed by atoms with Crippen LogP contribution in [0.3, 0.4) is 0 Å². The lowest BCUT2D eigenvalue weighted by Gasteiger charge is -2.00. The van der Waals surface area contributed by atoms with Crippen LogP contribution in [0, 0.1) is 11.9 Å². The van der Waals surface area contributed by atoms with Crippen LogP contribution in [0.15, 0.2) is 17.3 Å². The van der Waals surface area contributed by atoms with Gasteiger partial charge >= 0.3 is 5.97 Å². The summed E-state index contributed by atoms with van der Waals surface area (Å²) >= 11 is 5.72. The zero-order valence-electron chi connectivity index (χ0n) is 9.07. The van der Waals surface area contributed by atoms with Crippen LogP contribution in [-0.4, -0.2) is 25.4 Å². The van der Waals surface area contributed by atoms with Crippen molar-refractivity contribution in [2.75, 3.05) is 13.2 Å². The van der Waals surface area contributed by atoms with Crippen molar-refractivity contribution in [1.29, 1.82) is 0 Å². The van der Waals surface area contributed by atoms with E-state index in [0.717, 1.165) is 6.07 Å². The van der Waals surface area contributed by atoms with Gasteiger partial charge in [0.05, 0.1) is 17.8 Å². The van der Waals surface area contributed by atoms with Crippen molar-refractivity contribution in [3.05, 3.63) is 34.6 Å². The van der Waals surface area contributed by atoms with Gasteiger partial charge in [-0.2, -0.15) is 0 Å². The van der Waals surface area contributed by atoms with Gasteiger partial charge in [-0.05, 0) is 19.1 Å². The third-order valence-electron chi connectivity index (χ3n) is 1.65. The first-order valence-electron chi connectivity index (χ1n) is 4.81. The number of carbonyl (C=O) groups excluding carboxylic acids is 1. The molecule has 0 N–H and O–H groups in total. The molecule has 0 saturated carbocycles. The topological polar surface area (TPSA) is 47.9 Å². The zero-order chi connectivity index (χ0) is 12.7. The first-order chi connectivity index (χ1) is 8.13. The molecule has 0 unspecified atom stereocenters. The lowest BCUT2D eigenvalue weighted by atomic mass is 10.2. The molecular formula is C11H10ClFNO3. The van der Waals surface area contributed by atoms with E-state index in [0.29, 0.717) is 5.56 Å². The maximum absolute atomic E-state index is 12.6. The van der Waals surface area contributed by atoms with Crippen LogP contribution in [0.1, 0.15) is 12.5 Å². The third-order valence-corrected chi connectivity index (χ3v) is 1.98. The summed E-state index contributed by atoms with van der Waals surface area (Å²) in [5, 5.41) is 3.69. The first kappa shape index (κ1) is 13.4. The predicted molar refractivity (Wildman–Crippen MR) is 60.4 cm³/mol. The highest BCUT2D eigenvalue weighted by atomic mass is 35.5. The lowest BCUT2D eigenvalue weighted by molar-refractivity contribution is -0.148. The van der Waals surface area contributed by atoms with Crippen LogP contribution in [0.25, 0.3) is 0 Å². The number of hydrogen-bond donors (Lipinski definition) is 0. The fourth-order valence-corrected chi connectivity index (χ4v) is 1.14. The van der Waals surface area contributed by atoms with Gasteiger partial charge in [-0.1, -0.05) is 16.8 Å². The molecule has 0 aliphatic carbocycles. The van der Waals surface area contributed by atoms with Crippen molar-refractivity contribution in [2.24, 2.45) is 5.16 Å². The van der Waals surface area contributed by atoms with E-state index in [1.807, 2.05) is 0 Å². The maximum atomic E-state index is 12.6. The Hall–Kier alpha value is -1.62. The molecule has 91 valence electrons. The van der Waals surface area contributed by atoms with Gasteiger partial charge in [0.25, 0.3) is 0 Å². The Morgan fingerprint density at radius 2 is 2.47 bits per heavy atom. The van der Waals surface area contributed by atoms with Crippen LogP contribution < -0.4 is 0 Å². The Balaban J connectivity index is 2.45. The number of oxime groups is 1. The molecule has 4 nitrogen and oxygen atoms in total. The average molecular weight is 259 g/mol. The summed E-state index contributed by atoms with van der Waals surface area (Å²) < 4.78 is 17.3. The Morgan fingerprint density at radius 3 is 3.12 bits per heavy atom. The number of halogens is 2. The molecule has 0 aliphatic heterocycles. The number of carbonyl (C=O) groups is 1. The van der Waals surface area contributed by atoms with Gasteiger partial charge in [0, 0.05) is 11.6 Å². The van der Waals surface area contributed by atoms with E-state index in [9.17, 15) is 9.18 Å². The largest absolute Gasteiger partial charge is 0.463 e. The Morgan fingerprint density at radius 1 is 1.71 bits per heavy atom. The van der Waals surface area contributed by atoms with Crippen molar-refractivity contribution < 1.29 is 18.8 Å². The molecule has 0 spiro atoms. The SMILES string of the molecule is CCOC(=O)CON=Cc1c[c]c(F)cc1Cl. The summed E-state index contributed by atoms with van der Waals surface area (Å²) in [6.07, 6.45) is 1.26. The second-order valence-electron chi connectivity index (χ2n) is 2.90. The van der Waals surface area contributed by atoms with Crippen molar-refractivity contribution >= 4 is 23.8 Å². The summed E-state index contributed by atoms with van der Waals surface area (Å²) in [7, 11) is 0. The minimum Gasteiger partial charge on any atom is -0.463 e. The van der Waals surface area contributed by atoms with Gasteiger partial charge in [-0.15, -0.1) is 0 Å². The van der Waals surface area contributed by atoms with Gasteiger partial charge in [0.1, 0.15) is 5.82 Å². The molecule has 17 heavy (non-hydrogen) atoms. The molecule has 0 heterocycles. The van der Waals surface area contributed by atoms with E-state index in [1.165, 1.54) is 12.3 Å². The minimum atomic E-state index is -0.556. The molecule has 1 radical (unpaired) electrons. The monoisotopic (exact) mass is 258 g/mol. The lowest BCUT2D eigenvalue weighted by Crippen LogP contribution is -2.10. The zero-order valence-corrected chi connectivity index (χ0v) is 9.83. The van der Waals surface area contributed by atoms with E-state index in [4.69, 9.17) is 11.6 Å². The number of nitrogens with zero attached hydrogens (tertiary/aromatic N) is 1. The maximum Gasteiger partial charge on any atom is 0.347 e. The molecule has 0 amide bonds. The standard InChI is InChI=1S/C11H10ClFNO3/c1-2-16-11(15)7-17-14-6-8-3-4-9(13)5-10(8)12/h3,5-6H,2,7H2,1H3. The van der Waals surface area contributed by atoms with Crippen molar-refractivity contribution in [3.63, 3.8) is 0 Å². The molecule has 0 aromatic heterocycles. The Kier molecular flexibility index (Phi) is 5.42. The fourth-order valence-electron chi connectivity index (χ4n) is 0.938. The molecule has 0 bridgehead atoms. The van der Waals surface area contributed by atoms with Crippen molar-refractivity contribution in [1.82, 2.24) is 0 Å². The molecule has 1 rings (SSSR count). The van der Waals surface area contributed by atoms with Crippen LogP contribution in [0.2, 0.25) is 5.02 Å². The summed E-state index contributed by atoms with van der Waals surface area (Å²) in [5.41, 5.74) is 0.442. The molecule has 0 fully saturated rings. The highest BCUT2D eigenvalue weighted by Crippen LogP contribution is 2.14. The van der Waals surface area contributed by atoms with Gasteiger partial charge in [0.2, 0.25) is 6.61 Å². The van der Waals surface area contributed by atoms with E-state index >= 15 is 0 Å². The van der Waals surface area contributed by atoms with Gasteiger partial charge in [0.15, 0.2) is 0 Å². The third kappa shape index (κ3) is 4.82. The van der Waals surface area contributed by atoms with E-state index < -0.39 is 11.8 Å². The normalized spacial score (nSPS) is 10.5. The van der Waals surface area contributed by atoms with E-state index in [1.54, 1.807) is 6.92 Å². The molecular weight excluding hydrogens is 249 g/mol. The summed E-state index contributed by atoms with van der Waals surface area (Å²) in [4.78, 5) is 15.5. The fraction of sp³-hybridized carbons (Fsp3) is 0.273. The summed E-state index contributed by atoms with van der Waals surface area (Å²) in [6, 6.07) is 4.75. The van der Waals surface area contributed by atoms with Crippen LogP contribution in [0.5, 0.6) is 0 Å². The molecule has 0 atom stereocenters. The highest BCUT2D eigenvalue weighted by molar-refractivity contribution is 6.33. The molecule has 0 aliphatic rings. The van der Waals surface area contributed by atoms with Gasteiger partial charge in [-0.25, -0.2) is 9.18 Å². The Bertz CT molecular complexity index is 423. The quantitative estimate of drug-likeness (QED) is 0.462. The van der Waals surface area contributed by atoms with Crippen molar-refractivity contribution in [3.8, 4) is 0 Å². The summed E-state index contributed by atoms with van der Waals surface area (Å²) in [5.74, 6) is -1.07. The number of rotatable bonds is 5. The first-order valence-corrected chi connectivity index (χ1v) is 5.19. The number of benzene rings is 1. The minimum absolute atomic E-state index is 0.185.